The smallest absolute Gasteiger partial charge is 0.302 e. The van der Waals surface area contributed by atoms with Gasteiger partial charge in [-0.05, 0) is 61.4 Å². The first-order chi connectivity index (χ1) is 18.1. The van der Waals surface area contributed by atoms with E-state index in [2.05, 4.69) is 14.7 Å². The Kier molecular flexibility index (Phi) is 8.10. The molecule has 0 saturated carbocycles. The van der Waals surface area contributed by atoms with Crippen LogP contribution in [0.2, 0.25) is 5.02 Å². The Labute approximate surface area is 224 Å². The van der Waals surface area contributed by atoms with E-state index in [4.69, 9.17) is 30.5 Å². The van der Waals surface area contributed by atoms with E-state index >= 15 is 0 Å². The number of H-pyrrole nitrogens is 1. The Balaban J connectivity index is 1.46. The molecular weight excluding hydrogens is 534 g/mol. The zero-order valence-electron chi connectivity index (χ0n) is 21.1. The molecule has 0 bridgehead atoms. The van der Waals surface area contributed by atoms with Gasteiger partial charge >= 0.3 is 6.01 Å². The molecule has 38 heavy (non-hydrogen) atoms. The summed E-state index contributed by atoms with van der Waals surface area (Å²) in [6.07, 6.45) is 0. The summed E-state index contributed by atoms with van der Waals surface area (Å²) in [6, 6.07) is 12.6. The molecule has 3 aromatic carbocycles. The van der Waals surface area contributed by atoms with Crippen molar-refractivity contribution in [1.29, 1.82) is 0 Å². The van der Waals surface area contributed by atoms with E-state index in [1.807, 2.05) is 13.8 Å². The number of rotatable bonds is 10. The monoisotopic (exact) mass is 559 g/mol. The number of hydrogen-bond acceptors (Lipinski definition) is 8. The number of benzene rings is 3. The van der Waals surface area contributed by atoms with Crippen molar-refractivity contribution in [3.63, 3.8) is 0 Å². The highest BCUT2D eigenvalue weighted by molar-refractivity contribution is 7.89. The van der Waals surface area contributed by atoms with E-state index in [0.717, 1.165) is 11.1 Å². The van der Waals surface area contributed by atoms with Crippen molar-refractivity contribution in [1.82, 2.24) is 14.7 Å². The molecule has 0 saturated heterocycles. The van der Waals surface area contributed by atoms with Crippen molar-refractivity contribution in [3.05, 3.63) is 75.0 Å². The molecule has 0 fully saturated rings. The zero-order chi connectivity index (χ0) is 27.4. The largest absolute Gasteiger partial charge is 0.497 e. The molecule has 0 unspecified atom stereocenters. The van der Waals surface area contributed by atoms with Crippen molar-refractivity contribution in [3.8, 4) is 29.0 Å². The molecule has 2 N–H and O–H groups in total. The minimum absolute atomic E-state index is 0.00174. The lowest BCUT2D eigenvalue weighted by Gasteiger charge is -2.15. The number of nitrogens with zero attached hydrogens (tertiary/aromatic N) is 1. The van der Waals surface area contributed by atoms with Crippen molar-refractivity contribution in [2.24, 2.45) is 0 Å². The van der Waals surface area contributed by atoms with Crippen LogP contribution < -0.4 is 29.2 Å². The Morgan fingerprint density at radius 1 is 0.974 bits per heavy atom. The van der Waals surface area contributed by atoms with E-state index in [1.54, 1.807) is 24.3 Å². The third kappa shape index (κ3) is 6.01. The fourth-order valence-corrected chi connectivity index (χ4v) is 4.99. The summed E-state index contributed by atoms with van der Waals surface area (Å²) in [7, 11) is -0.712. The average Bonchev–Trinajstić information content (AvgIpc) is 2.87. The molecule has 0 atom stereocenters. The Bertz CT molecular complexity index is 1610. The van der Waals surface area contributed by atoms with Crippen LogP contribution >= 0.6 is 11.6 Å². The Hall–Kier alpha value is -3.80. The molecule has 1 aromatic heterocycles. The standard InChI is InChI=1S/C26H26ClN3O7S/c1-15-11-19(37-26-29-21-13-18(34-3)14-22(35-4)23(21)25(31)30-26)12-16(2)24(15)36-10-9-28-38(32,33)20-7-5-17(27)6-8-20/h5-8,11-14,28H,9-10H2,1-4H3,(H,29,30,31). The van der Waals surface area contributed by atoms with Gasteiger partial charge in [0.25, 0.3) is 5.56 Å². The lowest BCUT2D eigenvalue weighted by atomic mass is 10.1. The molecule has 0 aliphatic rings. The summed E-state index contributed by atoms with van der Waals surface area (Å²) >= 11 is 5.82. The summed E-state index contributed by atoms with van der Waals surface area (Å²) in [5.41, 5.74) is 1.45. The number of sulfonamides is 1. The van der Waals surface area contributed by atoms with Crippen molar-refractivity contribution < 1.29 is 27.4 Å². The lowest BCUT2D eigenvalue weighted by molar-refractivity contribution is 0.317. The molecule has 200 valence electrons. The fraction of sp³-hybridized carbons (Fsp3) is 0.231. The van der Waals surface area contributed by atoms with Gasteiger partial charge in [-0.25, -0.2) is 13.1 Å². The molecule has 0 aliphatic heterocycles. The summed E-state index contributed by atoms with van der Waals surface area (Å²) in [6.45, 7) is 3.84. The van der Waals surface area contributed by atoms with Gasteiger partial charge in [0.05, 0.1) is 24.6 Å². The lowest BCUT2D eigenvalue weighted by Crippen LogP contribution is -2.28. The number of methoxy groups -OCH3 is 2. The van der Waals surface area contributed by atoms with Crippen LogP contribution in [0, 0.1) is 13.8 Å². The third-order valence-electron chi connectivity index (χ3n) is 5.59. The number of aromatic nitrogens is 2. The normalized spacial score (nSPS) is 11.4. The quantitative estimate of drug-likeness (QED) is 0.274. The number of hydrogen-bond donors (Lipinski definition) is 2. The second-order valence-corrected chi connectivity index (χ2v) is 10.5. The highest BCUT2D eigenvalue weighted by atomic mass is 35.5. The third-order valence-corrected chi connectivity index (χ3v) is 7.32. The van der Waals surface area contributed by atoms with Crippen molar-refractivity contribution in [2.45, 2.75) is 18.7 Å². The first-order valence-electron chi connectivity index (χ1n) is 11.4. The molecule has 4 aromatic rings. The van der Waals surface area contributed by atoms with Crippen LogP contribution in [-0.2, 0) is 10.0 Å². The molecule has 10 nitrogen and oxygen atoms in total. The van der Waals surface area contributed by atoms with Crippen LogP contribution in [0.4, 0.5) is 0 Å². The van der Waals surface area contributed by atoms with Gasteiger partial charge in [-0.1, -0.05) is 11.6 Å². The van der Waals surface area contributed by atoms with Crippen LogP contribution in [0.3, 0.4) is 0 Å². The molecule has 12 heteroatoms. The molecule has 0 amide bonds. The summed E-state index contributed by atoms with van der Waals surface area (Å²) in [5.74, 6) is 1.86. The average molecular weight is 560 g/mol. The molecule has 1 heterocycles. The van der Waals surface area contributed by atoms with Gasteiger partial charge in [-0.3, -0.25) is 9.78 Å². The van der Waals surface area contributed by atoms with Gasteiger partial charge in [0.15, 0.2) is 0 Å². The van der Waals surface area contributed by atoms with Crippen molar-refractivity contribution >= 4 is 32.5 Å². The van der Waals surface area contributed by atoms with E-state index in [-0.39, 0.29) is 29.4 Å². The number of halogens is 1. The topological polar surface area (TPSA) is 129 Å². The number of ether oxygens (including phenoxy) is 4. The summed E-state index contributed by atoms with van der Waals surface area (Å²) in [4.78, 5) is 19.9. The van der Waals surface area contributed by atoms with Crippen LogP contribution in [0.15, 0.2) is 58.2 Å². The maximum Gasteiger partial charge on any atom is 0.302 e. The number of aromatic amines is 1. The zero-order valence-corrected chi connectivity index (χ0v) is 22.7. The molecular formula is C26H26ClN3O7S. The first-order valence-corrected chi connectivity index (χ1v) is 13.3. The van der Waals surface area contributed by atoms with E-state index in [0.29, 0.717) is 33.5 Å². The molecule has 0 spiro atoms. The predicted molar refractivity (Wildman–Crippen MR) is 144 cm³/mol. The highest BCUT2D eigenvalue weighted by Crippen LogP contribution is 2.32. The summed E-state index contributed by atoms with van der Waals surface area (Å²) < 4.78 is 49.6. The van der Waals surface area contributed by atoms with Crippen LogP contribution in [-0.4, -0.2) is 45.8 Å². The van der Waals surface area contributed by atoms with Gasteiger partial charge in [0.2, 0.25) is 10.0 Å². The van der Waals surface area contributed by atoms with Crippen molar-refractivity contribution in [2.75, 3.05) is 27.4 Å². The van der Waals surface area contributed by atoms with Crippen LogP contribution in [0.25, 0.3) is 10.9 Å². The van der Waals surface area contributed by atoms with Gasteiger partial charge < -0.3 is 18.9 Å². The second-order valence-electron chi connectivity index (χ2n) is 8.28. The Morgan fingerprint density at radius 3 is 2.29 bits per heavy atom. The minimum Gasteiger partial charge on any atom is -0.497 e. The molecule has 0 aliphatic carbocycles. The van der Waals surface area contributed by atoms with Crippen LogP contribution in [0.1, 0.15) is 11.1 Å². The minimum atomic E-state index is -3.68. The SMILES string of the molecule is COc1cc(OC)c2c(=O)[nH]c(Oc3cc(C)c(OCCNS(=O)(=O)c4ccc(Cl)cc4)c(C)c3)nc2c1. The maximum atomic E-state index is 12.7. The second kappa shape index (κ2) is 11.3. The van der Waals surface area contributed by atoms with E-state index in [9.17, 15) is 13.2 Å². The van der Waals surface area contributed by atoms with Gasteiger partial charge in [-0.15, -0.1) is 0 Å². The van der Waals surface area contributed by atoms with Crippen LogP contribution in [0.5, 0.6) is 29.0 Å². The first kappa shape index (κ1) is 27.2. The van der Waals surface area contributed by atoms with Gasteiger partial charge in [0, 0.05) is 23.7 Å². The predicted octanol–water partition coefficient (Wildman–Crippen LogP) is 4.36. The summed E-state index contributed by atoms with van der Waals surface area (Å²) in [5, 5.41) is 0.734. The van der Waals surface area contributed by atoms with E-state index < -0.39 is 15.6 Å². The van der Waals surface area contributed by atoms with E-state index in [1.165, 1.54) is 38.5 Å². The van der Waals surface area contributed by atoms with Gasteiger partial charge in [-0.2, -0.15) is 4.98 Å². The maximum absolute atomic E-state index is 12.7. The number of fused-ring (bicyclic) bond motifs is 1. The van der Waals surface area contributed by atoms with Gasteiger partial charge in [0.1, 0.15) is 35.0 Å². The molecule has 4 rings (SSSR count). The Morgan fingerprint density at radius 2 is 1.66 bits per heavy atom. The highest BCUT2D eigenvalue weighted by Gasteiger charge is 2.16. The molecule has 0 radical (unpaired) electrons. The fourth-order valence-electron chi connectivity index (χ4n) is 3.85. The number of aryl methyl sites for hydroxylation is 2. The number of nitrogens with one attached hydrogen (secondary N) is 2.